The second kappa shape index (κ2) is 7.13. The van der Waals surface area contributed by atoms with E-state index in [0.29, 0.717) is 23.7 Å². The van der Waals surface area contributed by atoms with Gasteiger partial charge in [-0.3, -0.25) is 9.59 Å². The summed E-state index contributed by atoms with van der Waals surface area (Å²) in [5.41, 5.74) is 6.55. The second-order valence-electron chi connectivity index (χ2n) is 4.65. The molecule has 0 aliphatic heterocycles. The Bertz CT molecular complexity index is 455. The topological polar surface area (TPSA) is 84.2 Å². The third-order valence-corrected chi connectivity index (χ3v) is 2.76. The molecule has 4 N–H and O–H groups in total. The maximum absolute atomic E-state index is 11.8. The SMILES string of the molecule is CC(C)CNC(=O)CNC(=O)c1cc(N)cc(Br)c1. The van der Waals surface area contributed by atoms with Gasteiger partial charge < -0.3 is 16.4 Å². The first kappa shape index (κ1) is 15.5. The number of amides is 2. The molecule has 0 heterocycles. The molecule has 0 spiro atoms. The number of hydrogen-bond donors (Lipinski definition) is 3. The molecule has 0 saturated heterocycles. The zero-order chi connectivity index (χ0) is 14.4. The third-order valence-electron chi connectivity index (χ3n) is 2.30. The fourth-order valence-corrected chi connectivity index (χ4v) is 1.90. The number of rotatable bonds is 5. The lowest BCUT2D eigenvalue weighted by Crippen LogP contribution is -2.38. The maximum Gasteiger partial charge on any atom is 0.251 e. The molecule has 2 amide bonds. The number of anilines is 1. The normalized spacial score (nSPS) is 10.3. The van der Waals surface area contributed by atoms with Gasteiger partial charge in [-0.2, -0.15) is 0 Å². The summed E-state index contributed by atoms with van der Waals surface area (Å²) < 4.78 is 0.724. The van der Waals surface area contributed by atoms with E-state index < -0.39 is 0 Å². The van der Waals surface area contributed by atoms with E-state index in [1.54, 1.807) is 18.2 Å². The number of nitrogens with one attached hydrogen (secondary N) is 2. The summed E-state index contributed by atoms with van der Waals surface area (Å²) in [6.07, 6.45) is 0. The lowest BCUT2D eigenvalue weighted by molar-refractivity contribution is -0.120. The van der Waals surface area contributed by atoms with Crippen LogP contribution in [0.3, 0.4) is 0 Å². The standard InChI is InChI=1S/C13H18BrN3O2/c1-8(2)6-16-12(18)7-17-13(19)9-3-10(14)5-11(15)4-9/h3-5,8H,6-7,15H2,1-2H3,(H,16,18)(H,17,19). The summed E-state index contributed by atoms with van der Waals surface area (Å²) in [6, 6.07) is 4.91. The average molecular weight is 328 g/mol. The smallest absolute Gasteiger partial charge is 0.251 e. The Morgan fingerprint density at radius 3 is 2.53 bits per heavy atom. The van der Waals surface area contributed by atoms with Gasteiger partial charge in [-0.1, -0.05) is 29.8 Å². The summed E-state index contributed by atoms with van der Waals surface area (Å²) in [5, 5.41) is 5.27. The Hall–Kier alpha value is -1.56. The highest BCUT2D eigenvalue weighted by Gasteiger charge is 2.09. The minimum atomic E-state index is -0.326. The maximum atomic E-state index is 11.8. The van der Waals surface area contributed by atoms with E-state index in [-0.39, 0.29) is 18.4 Å². The van der Waals surface area contributed by atoms with Crippen molar-refractivity contribution in [3.63, 3.8) is 0 Å². The molecule has 1 aromatic carbocycles. The summed E-state index contributed by atoms with van der Waals surface area (Å²) in [6.45, 7) is 4.56. The average Bonchev–Trinajstić information content (AvgIpc) is 2.32. The molecule has 6 heteroatoms. The zero-order valence-electron chi connectivity index (χ0n) is 11.0. The molecule has 0 fully saturated rings. The zero-order valence-corrected chi connectivity index (χ0v) is 12.6. The van der Waals surface area contributed by atoms with E-state index in [0.717, 1.165) is 4.47 Å². The van der Waals surface area contributed by atoms with Crippen molar-refractivity contribution in [2.24, 2.45) is 5.92 Å². The third kappa shape index (κ3) is 5.74. The Morgan fingerprint density at radius 2 is 1.95 bits per heavy atom. The molecule has 0 unspecified atom stereocenters. The van der Waals surface area contributed by atoms with Crippen LogP contribution in [-0.2, 0) is 4.79 Å². The van der Waals surface area contributed by atoms with Crippen LogP contribution in [0.4, 0.5) is 5.69 Å². The molecular weight excluding hydrogens is 310 g/mol. The van der Waals surface area contributed by atoms with Gasteiger partial charge in [0.15, 0.2) is 0 Å². The van der Waals surface area contributed by atoms with Gasteiger partial charge in [-0.25, -0.2) is 0 Å². The molecule has 1 rings (SSSR count). The molecule has 0 saturated carbocycles. The lowest BCUT2D eigenvalue weighted by Gasteiger charge is -2.09. The minimum Gasteiger partial charge on any atom is -0.399 e. The van der Waals surface area contributed by atoms with E-state index in [4.69, 9.17) is 5.73 Å². The fraction of sp³-hybridized carbons (Fsp3) is 0.385. The van der Waals surface area contributed by atoms with Gasteiger partial charge in [0, 0.05) is 22.3 Å². The first-order chi connectivity index (χ1) is 8.88. The summed E-state index contributed by atoms with van der Waals surface area (Å²) in [7, 11) is 0. The lowest BCUT2D eigenvalue weighted by atomic mass is 10.2. The minimum absolute atomic E-state index is 0.0437. The number of halogens is 1. The Balaban J connectivity index is 2.49. The van der Waals surface area contributed by atoms with Crippen LogP contribution in [0.25, 0.3) is 0 Å². The van der Waals surface area contributed by atoms with Crippen molar-refractivity contribution in [2.45, 2.75) is 13.8 Å². The van der Waals surface area contributed by atoms with Crippen LogP contribution in [-0.4, -0.2) is 24.9 Å². The number of carbonyl (C=O) groups excluding carboxylic acids is 2. The number of carbonyl (C=O) groups is 2. The quantitative estimate of drug-likeness (QED) is 0.717. The van der Waals surface area contributed by atoms with Gasteiger partial charge in [0.25, 0.3) is 5.91 Å². The largest absolute Gasteiger partial charge is 0.399 e. The molecular formula is C13H18BrN3O2. The van der Waals surface area contributed by atoms with Crippen LogP contribution in [0.15, 0.2) is 22.7 Å². The van der Waals surface area contributed by atoms with Crippen molar-refractivity contribution in [2.75, 3.05) is 18.8 Å². The predicted molar refractivity (Wildman–Crippen MR) is 78.7 cm³/mol. The van der Waals surface area contributed by atoms with Crippen LogP contribution in [0.2, 0.25) is 0 Å². The molecule has 104 valence electrons. The van der Waals surface area contributed by atoms with E-state index in [2.05, 4.69) is 26.6 Å². The fourth-order valence-electron chi connectivity index (χ4n) is 1.39. The molecule has 19 heavy (non-hydrogen) atoms. The van der Waals surface area contributed by atoms with Crippen LogP contribution in [0, 0.1) is 5.92 Å². The van der Waals surface area contributed by atoms with Crippen LogP contribution >= 0.6 is 15.9 Å². The van der Waals surface area contributed by atoms with Gasteiger partial charge in [0.1, 0.15) is 0 Å². The van der Waals surface area contributed by atoms with Gasteiger partial charge in [-0.15, -0.1) is 0 Å². The molecule has 0 aliphatic rings. The van der Waals surface area contributed by atoms with Crippen molar-refractivity contribution in [3.8, 4) is 0 Å². The van der Waals surface area contributed by atoms with Crippen molar-refractivity contribution < 1.29 is 9.59 Å². The molecule has 0 bridgehead atoms. The highest BCUT2D eigenvalue weighted by molar-refractivity contribution is 9.10. The van der Waals surface area contributed by atoms with Crippen LogP contribution < -0.4 is 16.4 Å². The van der Waals surface area contributed by atoms with E-state index in [1.807, 2.05) is 13.8 Å². The molecule has 0 aliphatic carbocycles. The Morgan fingerprint density at radius 1 is 1.26 bits per heavy atom. The van der Waals surface area contributed by atoms with Gasteiger partial charge in [-0.05, 0) is 24.1 Å². The van der Waals surface area contributed by atoms with Crippen molar-refractivity contribution in [3.05, 3.63) is 28.2 Å². The summed E-state index contributed by atoms with van der Waals surface area (Å²) >= 11 is 3.26. The molecule has 1 aromatic rings. The van der Waals surface area contributed by atoms with Crippen molar-refractivity contribution in [1.29, 1.82) is 0 Å². The second-order valence-corrected chi connectivity index (χ2v) is 5.57. The molecule has 0 radical (unpaired) electrons. The van der Waals surface area contributed by atoms with Gasteiger partial charge >= 0.3 is 0 Å². The van der Waals surface area contributed by atoms with Gasteiger partial charge in [0.2, 0.25) is 5.91 Å². The summed E-state index contributed by atoms with van der Waals surface area (Å²) in [4.78, 5) is 23.3. The van der Waals surface area contributed by atoms with Crippen LogP contribution in [0.1, 0.15) is 24.2 Å². The first-order valence-electron chi connectivity index (χ1n) is 5.99. The predicted octanol–water partition coefficient (Wildman–Crippen LogP) is 1.53. The molecule has 5 nitrogen and oxygen atoms in total. The summed E-state index contributed by atoms with van der Waals surface area (Å²) in [5.74, 6) is -0.151. The van der Waals surface area contributed by atoms with E-state index in [1.165, 1.54) is 0 Å². The monoisotopic (exact) mass is 327 g/mol. The van der Waals surface area contributed by atoms with E-state index in [9.17, 15) is 9.59 Å². The Labute approximate surface area is 121 Å². The first-order valence-corrected chi connectivity index (χ1v) is 6.78. The highest BCUT2D eigenvalue weighted by atomic mass is 79.9. The Kier molecular flexibility index (Phi) is 5.82. The van der Waals surface area contributed by atoms with Crippen LogP contribution in [0.5, 0.6) is 0 Å². The molecule has 0 aromatic heterocycles. The van der Waals surface area contributed by atoms with Crippen molar-refractivity contribution >= 4 is 33.4 Å². The number of benzene rings is 1. The van der Waals surface area contributed by atoms with E-state index >= 15 is 0 Å². The number of hydrogen-bond acceptors (Lipinski definition) is 3. The van der Waals surface area contributed by atoms with Crippen molar-refractivity contribution in [1.82, 2.24) is 10.6 Å². The number of nitrogens with two attached hydrogens (primary N) is 1. The van der Waals surface area contributed by atoms with Gasteiger partial charge in [0.05, 0.1) is 6.54 Å². The number of nitrogen functional groups attached to an aromatic ring is 1. The molecule has 0 atom stereocenters. The highest BCUT2D eigenvalue weighted by Crippen LogP contribution is 2.17.